The molecule has 5 nitrogen and oxygen atoms in total. The number of likely N-dealkylation sites (tertiary alicyclic amines) is 1. The minimum Gasteiger partial charge on any atom is -0.484 e. The molecular formula is C25H31N3O2. The normalized spacial score (nSPS) is 19.4. The maximum absolute atomic E-state index is 6.06. The molecule has 0 radical (unpaired) electrons. The fourth-order valence-electron chi connectivity index (χ4n) is 5.04. The van der Waals surface area contributed by atoms with Crippen molar-refractivity contribution in [3.63, 3.8) is 0 Å². The standard InChI is InChI=1S/C25H31N3O2/c1-28-14-12-19(13-15-28)22-9-5-8-18-10-11-21(16-23(18)22)29-17-24-26-25(27-30-24)20-6-3-2-4-7-20/h5,8-11,16,19-20H,2-4,6-7,12-15,17H2,1H3. The van der Waals surface area contributed by atoms with Gasteiger partial charge in [-0.2, -0.15) is 4.98 Å². The number of benzene rings is 2. The largest absolute Gasteiger partial charge is 0.484 e. The molecule has 1 saturated heterocycles. The molecule has 2 heterocycles. The summed E-state index contributed by atoms with van der Waals surface area (Å²) in [5, 5.41) is 6.79. The van der Waals surface area contributed by atoms with E-state index < -0.39 is 0 Å². The van der Waals surface area contributed by atoms with Crippen LogP contribution in [0.3, 0.4) is 0 Å². The number of aromatic nitrogens is 2. The van der Waals surface area contributed by atoms with Gasteiger partial charge >= 0.3 is 0 Å². The minimum absolute atomic E-state index is 0.321. The highest BCUT2D eigenvalue weighted by atomic mass is 16.5. The summed E-state index contributed by atoms with van der Waals surface area (Å²) in [6.45, 7) is 2.65. The summed E-state index contributed by atoms with van der Waals surface area (Å²) in [7, 11) is 2.21. The van der Waals surface area contributed by atoms with E-state index in [1.54, 1.807) is 0 Å². The molecule has 1 aromatic heterocycles. The van der Waals surface area contributed by atoms with E-state index in [1.807, 2.05) is 6.07 Å². The molecule has 5 heteroatoms. The average molecular weight is 406 g/mol. The van der Waals surface area contributed by atoms with Crippen molar-refractivity contribution in [2.24, 2.45) is 0 Å². The van der Waals surface area contributed by atoms with Gasteiger partial charge in [-0.1, -0.05) is 48.7 Å². The predicted octanol–water partition coefficient (Wildman–Crippen LogP) is 5.66. The van der Waals surface area contributed by atoms with Crippen LogP contribution >= 0.6 is 0 Å². The minimum atomic E-state index is 0.321. The van der Waals surface area contributed by atoms with Crippen LogP contribution in [0.25, 0.3) is 10.8 Å². The summed E-state index contributed by atoms with van der Waals surface area (Å²) in [6, 6.07) is 13.0. The van der Waals surface area contributed by atoms with Gasteiger partial charge in [-0.15, -0.1) is 0 Å². The van der Waals surface area contributed by atoms with Crippen molar-refractivity contribution in [3.05, 3.63) is 53.7 Å². The van der Waals surface area contributed by atoms with E-state index >= 15 is 0 Å². The van der Waals surface area contributed by atoms with Crippen molar-refractivity contribution in [1.82, 2.24) is 15.0 Å². The van der Waals surface area contributed by atoms with Crippen LogP contribution in [0, 0.1) is 0 Å². The SMILES string of the molecule is CN1CCC(c2cccc3ccc(OCc4nc(C5CCCCC5)no4)cc23)CC1. The molecule has 0 spiro atoms. The summed E-state index contributed by atoms with van der Waals surface area (Å²) in [4.78, 5) is 7.02. The zero-order valence-corrected chi connectivity index (χ0v) is 17.8. The first-order chi connectivity index (χ1) is 14.8. The summed E-state index contributed by atoms with van der Waals surface area (Å²) in [6.07, 6.45) is 8.63. The van der Waals surface area contributed by atoms with Gasteiger partial charge in [-0.25, -0.2) is 0 Å². The molecule has 5 rings (SSSR count). The van der Waals surface area contributed by atoms with Crippen molar-refractivity contribution in [1.29, 1.82) is 0 Å². The molecule has 2 aliphatic rings. The summed E-state index contributed by atoms with van der Waals surface area (Å²) < 4.78 is 11.5. The number of fused-ring (bicyclic) bond motifs is 1. The zero-order chi connectivity index (χ0) is 20.3. The van der Waals surface area contributed by atoms with Gasteiger partial charge in [-0.05, 0) is 80.2 Å². The fraction of sp³-hybridized carbons (Fsp3) is 0.520. The van der Waals surface area contributed by atoms with E-state index in [9.17, 15) is 0 Å². The maximum Gasteiger partial charge on any atom is 0.264 e. The molecule has 0 bridgehead atoms. The van der Waals surface area contributed by atoms with Gasteiger partial charge in [0.1, 0.15) is 5.75 Å². The van der Waals surface area contributed by atoms with E-state index in [4.69, 9.17) is 9.26 Å². The summed E-state index contributed by atoms with van der Waals surface area (Å²) >= 11 is 0. The summed E-state index contributed by atoms with van der Waals surface area (Å²) in [5.41, 5.74) is 1.45. The van der Waals surface area contributed by atoms with Gasteiger partial charge in [0.25, 0.3) is 5.89 Å². The molecule has 3 aromatic rings. The van der Waals surface area contributed by atoms with Crippen molar-refractivity contribution in [2.75, 3.05) is 20.1 Å². The van der Waals surface area contributed by atoms with Crippen LogP contribution < -0.4 is 4.74 Å². The van der Waals surface area contributed by atoms with Crippen LogP contribution in [-0.2, 0) is 6.61 Å². The monoisotopic (exact) mass is 405 g/mol. The molecule has 0 N–H and O–H groups in total. The highest BCUT2D eigenvalue weighted by Gasteiger charge is 2.22. The van der Waals surface area contributed by atoms with Crippen molar-refractivity contribution in [3.8, 4) is 5.75 Å². The quantitative estimate of drug-likeness (QED) is 0.548. The second-order valence-electron chi connectivity index (χ2n) is 8.98. The number of rotatable bonds is 5. The molecule has 2 fully saturated rings. The maximum atomic E-state index is 6.06. The van der Waals surface area contributed by atoms with E-state index in [2.05, 4.69) is 52.4 Å². The third-order valence-electron chi connectivity index (χ3n) is 6.86. The number of nitrogens with zero attached hydrogens (tertiary/aromatic N) is 3. The van der Waals surface area contributed by atoms with Gasteiger partial charge in [0, 0.05) is 5.92 Å². The molecule has 1 aliphatic heterocycles. The molecule has 158 valence electrons. The second kappa shape index (κ2) is 8.76. The Morgan fingerprint density at radius 2 is 1.83 bits per heavy atom. The van der Waals surface area contributed by atoms with Crippen LogP contribution in [-0.4, -0.2) is 35.2 Å². The van der Waals surface area contributed by atoms with Crippen molar-refractivity contribution < 1.29 is 9.26 Å². The summed E-state index contributed by atoms with van der Waals surface area (Å²) in [5.74, 6) is 3.36. The first-order valence-electron chi connectivity index (χ1n) is 11.4. The molecule has 0 unspecified atom stereocenters. The van der Waals surface area contributed by atoms with Gasteiger partial charge in [0.15, 0.2) is 12.4 Å². The Morgan fingerprint density at radius 1 is 1.00 bits per heavy atom. The second-order valence-corrected chi connectivity index (χ2v) is 8.98. The lowest BCUT2D eigenvalue weighted by molar-refractivity contribution is 0.242. The molecule has 0 amide bonds. The Labute approximate surface area is 178 Å². The highest BCUT2D eigenvalue weighted by Crippen LogP contribution is 2.35. The lowest BCUT2D eigenvalue weighted by Gasteiger charge is -2.30. The van der Waals surface area contributed by atoms with Gasteiger partial charge in [-0.3, -0.25) is 0 Å². The van der Waals surface area contributed by atoms with Crippen LogP contribution in [0.4, 0.5) is 0 Å². The van der Waals surface area contributed by atoms with E-state index in [0.717, 1.165) is 24.7 Å². The Kier molecular flexibility index (Phi) is 5.71. The smallest absolute Gasteiger partial charge is 0.264 e. The first kappa shape index (κ1) is 19.6. The number of ether oxygens (including phenoxy) is 1. The molecule has 0 atom stereocenters. The Morgan fingerprint density at radius 3 is 2.67 bits per heavy atom. The molecule has 2 aromatic carbocycles. The molecule has 30 heavy (non-hydrogen) atoms. The van der Waals surface area contributed by atoms with E-state index in [-0.39, 0.29) is 0 Å². The highest BCUT2D eigenvalue weighted by molar-refractivity contribution is 5.87. The zero-order valence-electron chi connectivity index (χ0n) is 17.8. The number of hydrogen-bond acceptors (Lipinski definition) is 5. The van der Waals surface area contributed by atoms with Crippen LogP contribution in [0.5, 0.6) is 5.75 Å². The van der Waals surface area contributed by atoms with Crippen LogP contribution in [0.15, 0.2) is 40.9 Å². The average Bonchev–Trinajstić information content (AvgIpc) is 3.28. The molecular weight excluding hydrogens is 374 g/mol. The molecule has 1 aliphatic carbocycles. The lowest BCUT2D eigenvalue weighted by Crippen LogP contribution is -2.29. The van der Waals surface area contributed by atoms with Gasteiger partial charge < -0.3 is 14.2 Å². The van der Waals surface area contributed by atoms with Crippen LogP contribution in [0.2, 0.25) is 0 Å². The number of piperidine rings is 1. The first-order valence-corrected chi connectivity index (χ1v) is 11.4. The topological polar surface area (TPSA) is 51.4 Å². The lowest BCUT2D eigenvalue weighted by atomic mass is 9.86. The Hall–Kier alpha value is -2.40. The molecule has 1 saturated carbocycles. The van der Waals surface area contributed by atoms with Gasteiger partial charge in [0.05, 0.1) is 0 Å². The van der Waals surface area contributed by atoms with Gasteiger partial charge in [0.2, 0.25) is 0 Å². The Balaban J connectivity index is 1.30. The third-order valence-corrected chi connectivity index (χ3v) is 6.86. The number of hydrogen-bond donors (Lipinski definition) is 0. The third kappa shape index (κ3) is 4.22. The van der Waals surface area contributed by atoms with E-state index in [0.29, 0.717) is 24.3 Å². The van der Waals surface area contributed by atoms with Crippen LogP contribution in [0.1, 0.15) is 74.1 Å². The fourth-order valence-corrected chi connectivity index (χ4v) is 5.04. The van der Waals surface area contributed by atoms with E-state index in [1.165, 1.54) is 61.3 Å². The van der Waals surface area contributed by atoms with Crippen molar-refractivity contribution >= 4 is 10.8 Å². The Bertz CT molecular complexity index is 985. The predicted molar refractivity (Wildman–Crippen MR) is 118 cm³/mol. The van der Waals surface area contributed by atoms with Crippen molar-refractivity contribution in [2.45, 2.75) is 63.4 Å².